The fraction of sp³-hybridized carbons (Fsp3) is 0.316. The van der Waals surface area contributed by atoms with Gasteiger partial charge in [0.1, 0.15) is 5.75 Å². The van der Waals surface area contributed by atoms with Crippen LogP contribution in [0.2, 0.25) is 0 Å². The Bertz CT molecular complexity index is 943. The zero-order valence-electron chi connectivity index (χ0n) is 15.7. The molecule has 150 valence electrons. The van der Waals surface area contributed by atoms with Gasteiger partial charge in [-0.3, -0.25) is 4.79 Å². The number of benzene rings is 2. The molecular weight excluding hydrogens is 384 g/mol. The van der Waals surface area contributed by atoms with Crippen molar-refractivity contribution in [3.8, 4) is 17.2 Å². The second-order valence-corrected chi connectivity index (χ2v) is 8.51. The fourth-order valence-corrected chi connectivity index (χ4v) is 2.90. The van der Waals surface area contributed by atoms with Crippen molar-refractivity contribution in [1.29, 1.82) is 0 Å². The minimum Gasteiger partial charge on any atom is -0.484 e. The first kappa shape index (κ1) is 20.0. The van der Waals surface area contributed by atoms with Crippen LogP contribution in [-0.4, -0.2) is 45.3 Å². The van der Waals surface area contributed by atoms with E-state index in [1.54, 1.807) is 24.3 Å². The van der Waals surface area contributed by atoms with Crippen molar-refractivity contribution in [2.24, 2.45) is 0 Å². The Morgan fingerprint density at radius 2 is 1.79 bits per heavy atom. The smallest absolute Gasteiger partial charge is 0.258 e. The third kappa shape index (κ3) is 5.37. The molecule has 0 radical (unpaired) electrons. The van der Waals surface area contributed by atoms with E-state index in [1.165, 1.54) is 11.4 Å². The van der Waals surface area contributed by atoms with Crippen LogP contribution in [0.3, 0.4) is 0 Å². The Morgan fingerprint density at radius 3 is 2.50 bits per heavy atom. The lowest BCUT2D eigenvalue weighted by Crippen LogP contribution is -2.28. The maximum atomic E-state index is 12.0. The number of hydrogen-bond donors (Lipinski definition) is 1. The molecule has 3 rings (SSSR count). The lowest BCUT2D eigenvalue weighted by Gasteiger charge is -2.14. The van der Waals surface area contributed by atoms with E-state index in [4.69, 9.17) is 14.2 Å². The summed E-state index contributed by atoms with van der Waals surface area (Å²) in [5.41, 5.74) is 1.73. The summed E-state index contributed by atoms with van der Waals surface area (Å²) in [5, 5.41) is 2.78. The zero-order chi connectivity index (χ0) is 20.1. The quantitative estimate of drug-likeness (QED) is 0.714. The summed E-state index contributed by atoms with van der Waals surface area (Å²) in [5.74, 6) is 1.65. The molecule has 28 heavy (non-hydrogen) atoms. The minimum absolute atomic E-state index is 0.118. The molecule has 8 nitrogen and oxygen atoms in total. The molecule has 1 aliphatic rings. The molecule has 0 bridgehead atoms. The van der Waals surface area contributed by atoms with E-state index in [9.17, 15) is 13.2 Å². The molecule has 2 aromatic rings. The molecule has 1 heterocycles. The normalized spacial score (nSPS) is 12.8. The van der Waals surface area contributed by atoms with Crippen LogP contribution in [0.5, 0.6) is 17.2 Å². The van der Waals surface area contributed by atoms with Crippen molar-refractivity contribution in [1.82, 2.24) is 9.62 Å². The number of carbonyl (C=O) groups is 1. The lowest BCUT2D eigenvalue weighted by molar-refractivity contribution is -0.123. The van der Waals surface area contributed by atoms with Gasteiger partial charge in [-0.25, -0.2) is 12.7 Å². The molecule has 0 aromatic heterocycles. The van der Waals surface area contributed by atoms with Gasteiger partial charge in [0.15, 0.2) is 18.1 Å². The Morgan fingerprint density at radius 1 is 1.11 bits per heavy atom. The van der Waals surface area contributed by atoms with E-state index in [-0.39, 0.29) is 25.9 Å². The van der Waals surface area contributed by atoms with Crippen LogP contribution in [0, 0.1) is 0 Å². The summed E-state index contributed by atoms with van der Waals surface area (Å²) in [6, 6.07) is 12.4. The third-order valence-electron chi connectivity index (χ3n) is 4.19. The number of sulfonamides is 1. The van der Waals surface area contributed by atoms with Crippen LogP contribution >= 0.6 is 0 Å². The average Bonchev–Trinajstić information content (AvgIpc) is 3.13. The summed E-state index contributed by atoms with van der Waals surface area (Å²) in [4.78, 5) is 12.0. The number of hydrogen-bond acceptors (Lipinski definition) is 6. The number of amides is 1. The van der Waals surface area contributed by atoms with Crippen LogP contribution in [0.4, 0.5) is 0 Å². The van der Waals surface area contributed by atoms with Crippen molar-refractivity contribution < 1.29 is 27.4 Å². The maximum absolute atomic E-state index is 12.0. The number of fused-ring (bicyclic) bond motifs is 1. The molecule has 0 saturated carbocycles. The summed E-state index contributed by atoms with van der Waals surface area (Å²) in [6.07, 6.45) is 1.16. The fourth-order valence-electron chi connectivity index (χ4n) is 2.52. The van der Waals surface area contributed by atoms with Crippen LogP contribution in [0.1, 0.15) is 11.1 Å². The number of nitrogens with one attached hydrogen (secondary N) is 1. The lowest BCUT2D eigenvalue weighted by atomic mass is 10.2. The van der Waals surface area contributed by atoms with Gasteiger partial charge >= 0.3 is 0 Å². The first-order chi connectivity index (χ1) is 13.3. The summed E-state index contributed by atoms with van der Waals surface area (Å²) in [6.45, 7) is 0.722. The molecule has 1 N–H and O–H groups in total. The first-order valence-electron chi connectivity index (χ1n) is 8.59. The highest BCUT2D eigenvalue weighted by Crippen LogP contribution is 2.32. The topological polar surface area (TPSA) is 94.2 Å². The van der Waals surface area contributed by atoms with Crippen molar-refractivity contribution in [2.75, 3.05) is 26.7 Å². The largest absolute Gasteiger partial charge is 0.484 e. The molecule has 0 aliphatic carbocycles. The van der Waals surface area contributed by atoms with Crippen LogP contribution < -0.4 is 19.5 Å². The second kappa shape index (κ2) is 8.49. The molecule has 1 amide bonds. The molecular formula is C19H22N2O6S. The van der Waals surface area contributed by atoms with Gasteiger partial charge in [0.2, 0.25) is 16.8 Å². The van der Waals surface area contributed by atoms with E-state index in [0.717, 1.165) is 17.4 Å². The average molecular weight is 406 g/mol. The van der Waals surface area contributed by atoms with E-state index in [2.05, 4.69) is 5.32 Å². The predicted molar refractivity (Wildman–Crippen MR) is 103 cm³/mol. The van der Waals surface area contributed by atoms with Gasteiger partial charge in [0.05, 0.1) is 6.26 Å². The van der Waals surface area contributed by atoms with Gasteiger partial charge in [-0.15, -0.1) is 0 Å². The van der Waals surface area contributed by atoms with Crippen molar-refractivity contribution >= 4 is 15.9 Å². The predicted octanol–water partition coefficient (Wildman–Crippen LogP) is 1.50. The van der Waals surface area contributed by atoms with Gasteiger partial charge in [-0.1, -0.05) is 18.2 Å². The van der Waals surface area contributed by atoms with Gasteiger partial charge in [-0.05, 0) is 35.4 Å². The molecule has 2 aromatic carbocycles. The molecule has 0 saturated heterocycles. The van der Waals surface area contributed by atoms with Crippen molar-refractivity contribution in [2.45, 2.75) is 13.1 Å². The standard InChI is InChI=1S/C19H22N2O6S/c1-21(28(2,23)24)11-14-3-6-16(7-4-14)25-12-19(22)20-10-15-5-8-17-18(9-15)27-13-26-17/h3-9H,10-13H2,1-2H3,(H,20,22). The van der Waals surface area contributed by atoms with E-state index in [0.29, 0.717) is 23.8 Å². The van der Waals surface area contributed by atoms with Crippen LogP contribution in [0.15, 0.2) is 42.5 Å². The Kier molecular flexibility index (Phi) is 6.05. The van der Waals surface area contributed by atoms with E-state index in [1.807, 2.05) is 18.2 Å². The number of ether oxygens (including phenoxy) is 3. The van der Waals surface area contributed by atoms with E-state index < -0.39 is 10.0 Å². The minimum atomic E-state index is -3.23. The molecule has 0 spiro atoms. The molecule has 0 fully saturated rings. The van der Waals surface area contributed by atoms with Gasteiger partial charge < -0.3 is 19.5 Å². The number of nitrogens with zero attached hydrogens (tertiary/aromatic N) is 1. The molecule has 0 unspecified atom stereocenters. The summed E-state index contributed by atoms with van der Waals surface area (Å²) in [7, 11) is -1.71. The van der Waals surface area contributed by atoms with Crippen LogP contribution in [-0.2, 0) is 27.9 Å². The molecule has 9 heteroatoms. The van der Waals surface area contributed by atoms with Crippen LogP contribution in [0.25, 0.3) is 0 Å². The summed E-state index contributed by atoms with van der Waals surface area (Å²) >= 11 is 0. The highest BCUT2D eigenvalue weighted by atomic mass is 32.2. The number of rotatable bonds is 8. The SMILES string of the molecule is CN(Cc1ccc(OCC(=O)NCc2ccc3c(c2)OCO3)cc1)S(C)(=O)=O. The highest BCUT2D eigenvalue weighted by Gasteiger charge is 2.14. The first-order valence-corrected chi connectivity index (χ1v) is 10.4. The monoisotopic (exact) mass is 406 g/mol. The van der Waals surface area contributed by atoms with Gasteiger partial charge in [0, 0.05) is 20.1 Å². The summed E-state index contributed by atoms with van der Waals surface area (Å²) < 4.78 is 40.2. The van der Waals surface area contributed by atoms with Gasteiger partial charge in [0.25, 0.3) is 5.91 Å². The highest BCUT2D eigenvalue weighted by molar-refractivity contribution is 7.88. The Hall–Kier alpha value is -2.78. The Labute approximate surface area is 164 Å². The van der Waals surface area contributed by atoms with Crippen molar-refractivity contribution in [3.05, 3.63) is 53.6 Å². The number of carbonyl (C=O) groups excluding carboxylic acids is 1. The third-order valence-corrected chi connectivity index (χ3v) is 5.45. The molecule has 1 aliphatic heterocycles. The second-order valence-electron chi connectivity index (χ2n) is 6.42. The van der Waals surface area contributed by atoms with Gasteiger partial charge in [-0.2, -0.15) is 0 Å². The van der Waals surface area contributed by atoms with Crippen molar-refractivity contribution in [3.63, 3.8) is 0 Å². The Balaban J connectivity index is 1.44. The molecule has 0 atom stereocenters. The maximum Gasteiger partial charge on any atom is 0.258 e. The van der Waals surface area contributed by atoms with E-state index >= 15 is 0 Å². The zero-order valence-corrected chi connectivity index (χ0v) is 16.5.